The van der Waals surface area contributed by atoms with Crippen LogP contribution in [0.25, 0.3) is 0 Å². The van der Waals surface area contributed by atoms with Crippen molar-refractivity contribution in [2.75, 3.05) is 25.0 Å². The Morgan fingerprint density at radius 3 is 2.53 bits per heavy atom. The Balaban J connectivity index is 1.23. The van der Waals surface area contributed by atoms with E-state index in [4.69, 9.17) is 4.74 Å². The first-order valence-corrected chi connectivity index (χ1v) is 10.8. The molecule has 156 valence electrons. The minimum Gasteiger partial charge on any atom is -0.478 e. The van der Waals surface area contributed by atoms with E-state index in [-0.39, 0.29) is 5.91 Å². The summed E-state index contributed by atoms with van der Waals surface area (Å²) in [4.78, 5) is 18.5. The number of unbranched alkanes of at least 4 members (excludes halogenated alkanes) is 1. The summed E-state index contributed by atoms with van der Waals surface area (Å²) in [5, 5.41) is 2.82. The van der Waals surface area contributed by atoms with Crippen LogP contribution in [-0.2, 0) is 24.2 Å². The molecule has 2 aromatic rings. The molecule has 0 radical (unpaired) electrons. The molecule has 5 heteroatoms. The summed E-state index contributed by atoms with van der Waals surface area (Å²) in [6.45, 7) is 3.81. The molecule has 1 N–H and O–H groups in total. The van der Waals surface area contributed by atoms with Gasteiger partial charge in [0.25, 0.3) is 0 Å². The predicted molar refractivity (Wildman–Crippen MR) is 119 cm³/mol. The van der Waals surface area contributed by atoms with Crippen molar-refractivity contribution < 1.29 is 9.53 Å². The molecule has 0 bridgehead atoms. The molecule has 5 nitrogen and oxygen atoms in total. The molecular formula is C25H29N3O2. The molecule has 2 aliphatic rings. The van der Waals surface area contributed by atoms with Crippen molar-refractivity contribution in [2.45, 2.75) is 38.6 Å². The van der Waals surface area contributed by atoms with E-state index in [0.29, 0.717) is 24.7 Å². The van der Waals surface area contributed by atoms with Crippen LogP contribution in [0.15, 0.2) is 60.7 Å². The summed E-state index contributed by atoms with van der Waals surface area (Å²) in [5.74, 6) is 1.27. The van der Waals surface area contributed by atoms with Crippen LogP contribution in [0.2, 0.25) is 0 Å². The predicted octanol–water partition coefficient (Wildman–Crippen LogP) is 4.31. The largest absolute Gasteiger partial charge is 0.478 e. The van der Waals surface area contributed by atoms with Gasteiger partial charge in [0.05, 0.1) is 6.61 Å². The van der Waals surface area contributed by atoms with E-state index in [1.807, 2.05) is 12.1 Å². The maximum absolute atomic E-state index is 11.5. The number of carbonyl (C=O) groups is 1. The number of hydrogen-bond donors (Lipinski definition) is 1. The Hall–Kier alpha value is -2.92. The lowest BCUT2D eigenvalue weighted by Gasteiger charge is -2.28. The van der Waals surface area contributed by atoms with Crippen LogP contribution < -0.4 is 10.1 Å². The lowest BCUT2D eigenvalue weighted by atomic mass is 10.0. The van der Waals surface area contributed by atoms with Crippen LogP contribution in [0.1, 0.15) is 36.0 Å². The molecule has 0 saturated carbocycles. The summed E-state index contributed by atoms with van der Waals surface area (Å²) < 4.78 is 5.81. The third-order valence-corrected chi connectivity index (χ3v) is 5.61. The topological polar surface area (TPSA) is 54.5 Å². The van der Waals surface area contributed by atoms with Gasteiger partial charge in [0, 0.05) is 25.6 Å². The second-order valence-corrected chi connectivity index (χ2v) is 7.83. The van der Waals surface area contributed by atoms with Crippen molar-refractivity contribution in [3.8, 4) is 5.88 Å². The van der Waals surface area contributed by atoms with Crippen molar-refractivity contribution in [2.24, 2.45) is 0 Å². The first-order chi connectivity index (χ1) is 14.8. The number of nitrogens with zero attached hydrogens (tertiary/aromatic N) is 2. The Morgan fingerprint density at radius 1 is 0.867 bits per heavy atom. The molecule has 0 saturated heterocycles. The second kappa shape index (κ2) is 10.2. The smallest absolute Gasteiger partial charge is 0.225 e. The molecule has 4 rings (SSSR count). The van der Waals surface area contributed by atoms with Crippen molar-refractivity contribution >= 4 is 11.7 Å². The van der Waals surface area contributed by atoms with Gasteiger partial charge in [0.2, 0.25) is 11.8 Å². The summed E-state index contributed by atoms with van der Waals surface area (Å²) in [6, 6.07) is 20.9. The number of nitrogens with one attached hydrogen (secondary N) is 1. The van der Waals surface area contributed by atoms with Crippen molar-refractivity contribution in [1.29, 1.82) is 0 Å². The Morgan fingerprint density at radius 2 is 1.67 bits per heavy atom. The highest BCUT2D eigenvalue weighted by atomic mass is 16.5. The van der Waals surface area contributed by atoms with Gasteiger partial charge in [-0.15, -0.1) is 0 Å². The number of ether oxygens (including phenoxy) is 1. The zero-order chi connectivity index (χ0) is 20.6. The fourth-order valence-electron chi connectivity index (χ4n) is 3.92. The van der Waals surface area contributed by atoms with E-state index in [1.54, 1.807) is 0 Å². The molecule has 1 aromatic carbocycles. The van der Waals surface area contributed by atoms with E-state index < -0.39 is 0 Å². The SMILES string of the molecule is O=C1CCc2ccc(OCCCCN3CCc4ccccccccc4C3)nc2N1. The number of fused-ring (bicyclic) bond motifs is 2. The summed E-state index contributed by atoms with van der Waals surface area (Å²) in [6.07, 6.45) is 4.45. The number of carbonyl (C=O) groups excluding carboxylic acids is 1. The zero-order valence-electron chi connectivity index (χ0n) is 17.3. The molecule has 3 heterocycles. The quantitative estimate of drug-likeness (QED) is 0.731. The molecule has 30 heavy (non-hydrogen) atoms. The van der Waals surface area contributed by atoms with Crippen LogP contribution in [-0.4, -0.2) is 35.5 Å². The van der Waals surface area contributed by atoms with Gasteiger partial charge in [0.15, 0.2) is 0 Å². The van der Waals surface area contributed by atoms with E-state index >= 15 is 0 Å². The average molecular weight is 404 g/mol. The fraction of sp³-hybridized carbons (Fsp3) is 0.360. The molecule has 0 unspecified atom stereocenters. The van der Waals surface area contributed by atoms with Crippen LogP contribution >= 0.6 is 0 Å². The van der Waals surface area contributed by atoms with Gasteiger partial charge in [-0.3, -0.25) is 9.69 Å². The maximum Gasteiger partial charge on any atom is 0.225 e. The van der Waals surface area contributed by atoms with Gasteiger partial charge < -0.3 is 10.1 Å². The first-order valence-electron chi connectivity index (χ1n) is 10.8. The Kier molecular flexibility index (Phi) is 6.93. The normalized spacial score (nSPS) is 15.4. The molecule has 1 amide bonds. The first kappa shape index (κ1) is 20.4. The van der Waals surface area contributed by atoms with Gasteiger partial charge in [-0.1, -0.05) is 48.5 Å². The van der Waals surface area contributed by atoms with E-state index in [0.717, 1.165) is 50.9 Å². The van der Waals surface area contributed by atoms with Crippen molar-refractivity contribution in [3.63, 3.8) is 0 Å². The van der Waals surface area contributed by atoms with Gasteiger partial charge in [-0.25, -0.2) is 0 Å². The highest BCUT2D eigenvalue weighted by Gasteiger charge is 2.17. The number of aromatic nitrogens is 1. The van der Waals surface area contributed by atoms with Crippen molar-refractivity contribution in [1.82, 2.24) is 9.88 Å². The highest BCUT2D eigenvalue weighted by Crippen LogP contribution is 2.23. The van der Waals surface area contributed by atoms with Crippen molar-refractivity contribution in [3.05, 3.63) is 77.4 Å². The lowest BCUT2D eigenvalue weighted by Crippen LogP contribution is -2.31. The van der Waals surface area contributed by atoms with Crippen LogP contribution in [0.4, 0.5) is 5.82 Å². The highest BCUT2D eigenvalue weighted by molar-refractivity contribution is 5.92. The standard InChI is InChI=1S/C25H29N3O2/c29-23-13-11-21-12-14-24(27-25(21)26-23)30-18-8-7-16-28-17-15-20-9-5-3-1-2-4-6-10-22(20)19-28/h1-6,9-10,12,14H,7-8,11,13,15-19H2,(H,26,27,29). The van der Waals surface area contributed by atoms with Gasteiger partial charge in [-0.2, -0.15) is 4.98 Å². The Bertz CT molecular complexity index is 943. The minimum atomic E-state index is 0.0280. The van der Waals surface area contributed by atoms with Crippen LogP contribution in [0.5, 0.6) is 5.88 Å². The molecule has 0 fully saturated rings. The summed E-state index contributed by atoms with van der Waals surface area (Å²) >= 11 is 0. The number of anilines is 1. The van der Waals surface area contributed by atoms with Gasteiger partial charge in [-0.05, 0) is 55.0 Å². The fourth-order valence-corrected chi connectivity index (χ4v) is 3.92. The average Bonchev–Trinajstić information content (AvgIpc) is 2.76. The summed E-state index contributed by atoms with van der Waals surface area (Å²) in [7, 11) is 0. The monoisotopic (exact) mass is 403 g/mol. The summed E-state index contributed by atoms with van der Waals surface area (Å²) in [5.41, 5.74) is 3.93. The second-order valence-electron chi connectivity index (χ2n) is 7.83. The number of aryl methyl sites for hydroxylation is 1. The van der Waals surface area contributed by atoms with E-state index in [2.05, 4.69) is 63.7 Å². The molecule has 0 aliphatic carbocycles. The minimum absolute atomic E-state index is 0.0280. The van der Waals surface area contributed by atoms with E-state index in [1.165, 1.54) is 11.1 Å². The lowest BCUT2D eigenvalue weighted by molar-refractivity contribution is -0.116. The third-order valence-electron chi connectivity index (χ3n) is 5.61. The van der Waals surface area contributed by atoms with Gasteiger partial charge in [0.1, 0.15) is 5.82 Å². The molecule has 0 spiro atoms. The van der Waals surface area contributed by atoms with Gasteiger partial charge >= 0.3 is 0 Å². The number of pyridine rings is 1. The van der Waals surface area contributed by atoms with E-state index in [9.17, 15) is 4.79 Å². The maximum atomic E-state index is 11.5. The zero-order valence-corrected chi connectivity index (χ0v) is 17.3. The molecule has 2 aliphatic heterocycles. The molecular weight excluding hydrogens is 374 g/mol. The molecule has 0 atom stereocenters. The van der Waals surface area contributed by atoms with Crippen LogP contribution in [0.3, 0.4) is 0 Å². The number of amides is 1. The molecule has 1 aromatic heterocycles. The van der Waals surface area contributed by atoms with Crippen LogP contribution in [0, 0.1) is 0 Å². The number of rotatable bonds is 6. The third kappa shape index (κ3) is 5.57. The Labute approximate surface area is 178 Å². The number of hydrogen-bond acceptors (Lipinski definition) is 4.